The zero-order chi connectivity index (χ0) is 19.8. The molecule has 2 N–H and O–H groups in total. The molecular weight excluding hydrogens is 346 g/mol. The number of thioether (sulfide) groups is 1. The molecule has 2 aromatic carbocycles. The number of anilines is 1. The second kappa shape index (κ2) is 10.4. The molecule has 0 aromatic heterocycles. The highest BCUT2D eigenvalue weighted by atomic mass is 32.2. The van der Waals surface area contributed by atoms with Gasteiger partial charge in [0.1, 0.15) is 0 Å². The minimum Gasteiger partial charge on any atom is -0.398 e. The largest absolute Gasteiger partial charge is 0.398 e. The first kappa shape index (κ1) is 21.4. The quantitative estimate of drug-likeness (QED) is 0.221. The lowest BCUT2D eigenvalue weighted by Gasteiger charge is -2.13. The monoisotopic (exact) mass is 379 g/mol. The maximum atomic E-state index is 6.28. The van der Waals surface area contributed by atoms with E-state index in [1.807, 2.05) is 0 Å². The van der Waals surface area contributed by atoms with Crippen LogP contribution >= 0.6 is 11.8 Å². The number of hydrogen-bond acceptors (Lipinski definition) is 2. The van der Waals surface area contributed by atoms with Crippen LogP contribution < -0.4 is 5.73 Å². The number of nitrogens with two attached hydrogens (primary N) is 1. The van der Waals surface area contributed by atoms with Crippen LogP contribution in [0.3, 0.4) is 0 Å². The van der Waals surface area contributed by atoms with Gasteiger partial charge in [-0.1, -0.05) is 74.7 Å². The predicted molar refractivity (Wildman–Crippen MR) is 124 cm³/mol. The minimum atomic E-state index is 0.718. The van der Waals surface area contributed by atoms with Gasteiger partial charge in [-0.15, -0.1) is 11.8 Å². The van der Waals surface area contributed by atoms with Crippen molar-refractivity contribution in [3.8, 4) is 0 Å². The van der Waals surface area contributed by atoms with E-state index in [1.54, 1.807) is 11.8 Å². The lowest BCUT2D eigenvalue weighted by atomic mass is 9.93. The molecular formula is C25H33NS. The number of hydrogen-bond donors (Lipinski definition) is 1. The number of rotatable bonds is 8. The summed E-state index contributed by atoms with van der Waals surface area (Å²) in [5.41, 5.74) is 13.4. The van der Waals surface area contributed by atoms with E-state index in [9.17, 15) is 0 Å². The van der Waals surface area contributed by atoms with Gasteiger partial charge in [0.15, 0.2) is 0 Å². The van der Waals surface area contributed by atoms with Crippen LogP contribution in [0.4, 0.5) is 5.69 Å². The fourth-order valence-electron chi connectivity index (χ4n) is 3.40. The third kappa shape index (κ3) is 6.04. The average Bonchev–Trinajstić information content (AvgIpc) is 2.65. The second-order valence-electron chi connectivity index (χ2n) is 7.40. The Bertz CT molecular complexity index is 817. The molecule has 0 aliphatic rings. The van der Waals surface area contributed by atoms with Crippen LogP contribution in [-0.4, -0.2) is 6.26 Å². The highest BCUT2D eigenvalue weighted by Gasteiger charge is 2.09. The minimum absolute atomic E-state index is 0.718. The van der Waals surface area contributed by atoms with Gasteiger partial charge in [0.2, 0.25) is 0 Å². The first-order chi connectivity index (χ1) is 13.0. The Morgan fingerprint density at radius 1 is 1.15 bits per heavy atom. The van der Waals surface area contributed by atoms with Crippen molar-refractivity contribution in [1.29, 1.82) is 0 Å². The van der Waals surface area contributed by atoms with E-state index >= 15 is 0 Å². The molecule has 1 atom stereocenters. The molecule has 0 saturated carbocycles. The normalized spacial score (nSPS) is 13.7. The fraction of sp³-hybridized carbons (Fsp3) is 0.360. The van der Waals surface area contributed by atoms with Crippen LogP contribution in [0.15, 0.2) is 59.5 Å². The van der Waals surface area contributed by atoms with Crippen molar-refractivity contribution in [2.75, 3.05) is 12.0 Å². The molecule has 0 fully saturated rings. The maximum absolute atomic E-state index is 6.28. The van der Waals surface area contributed by atoms with Crippen molar-refractivity contribution in [3.63, 3.8) is 0 Å². The Balaban J connectivity index is 2.46. The highest BCUT2D eigenvalue weighted by molar-refractivity contribution is 7.98. The third-order valence-corrected chi connectivity index (χ3v) is 5.81. The fourth-order valence-corrected chi connectivity index (χ4v) is 3.90. The van der Waals surface area contributed by atoms with Gasteiger partial charge in [-0.2, -0.15) is 0 Å². The van der Waals surface area contributed by atoms with Crippen LogP contribution in [0.25, 0.3) is 11.1 Å². The van der Waals surface area contributed by atoms with Crippen molar-refractivity contribution >= 4 is 28.6 Å². The first-order valence-corrected chi connectivity index (χ1v) is 11.1. The number of nitrogen functional groups attached to an aromatic ring is 1. The predicted octanol–water partition coefficient (Wildman–Crippen LogP) is 7.61. The molecule has 0 spiro atoms. The number of benzene rings is 2. The standard InChI is InChI=1S/C25H33NS/c1-6-9-18(2)10-8-13-23(20(4)21-12-7-11-19(3)16-21)22-14-15-25(27-5)24(26)17-22/h7-8,11-18H,6,9-10,26H2,1-5H3/b13-8-,23-20-. The summed E-state index contributed by atoms with van der Waals surface area (Å²) in [7, 11) is 0. The zero-order valence-corrected chi connectivity index (χ0v) is 18.2. The molecule has 0 heterocycles. The van der Waals surface area contributed by atoms with Crippen molar-refractivity contribution in [2.45, 2.75) is 51.9 Å². The van der Waals surface area contributed by atoms with Crippen molar-refractivity contribution in [2.24, 2.45) is 5.92 Å². The molecule has 0 radical (unpaired) electrons. The Labute approximate surface area is 169 Å². The van der Waals surface area contributed by atoms with Gasteiger partial charge in [0.25, 0.3) is 0 Å². The summed E-state index contributed by atoms with van der Waals surface area (Å²) >= 11 is 1.69. The lowest BCUT2D eigenvalue weighted by molar-refractivity contribution is 0.532. The maximum Gasteiger partial charge on any atom is 0.0458 e. The second-order valence-corrected chi connectivity index (χ2v) is 8.24. The molecule has 1 nitrogen and oxygen atoms in total. The van der Waals surface area contributed by atoms with Gasteiger partial charge >= 0.3 is 0 Å². The Kier molecular flexibility index (Phi) is 8.24. The number of aryl methyl sites for hydroxylation is 1. The molecule has 1 unspecified atom stereocenters. The summed E-state index contributed by atoms with van der Waals surface area (Å²) in [5, 5.41) is 0. The summed E-state index contributed by atoms with van der Waals surface area (Å²) in [6.07, 6.45) is 10.3. The van der Waals surface area contributed by atoms with Crippen molar-refractivity contribution in [3.05, 3.63) is 71.3 Å². The summed E-state index contributed by atoms with van der Waals surface area (Å²) in [6.45, 7) is 8.94. The SMILES string of the molecule is CCCC(C)C/C=C\C(=C(/C)c1cccc(C)c1)c1ccc(SC)c(N)c1. The Morgan fingerprint density at radius 2 is 1.93 bits per heavy atom. The average molecular weight is 380 g/mol. The molecule has 2 aromatic rings. The summed E-state index contributed by atoms with van der Waals surface area (Å²) in [4.78, 5) is 1.13. The van der Waals surface area contributed by atoms with Crippen LogP contribution in [0.5, 0.6) is 0 Å². The molecule has 0 aliphatic carbocycles. The van der Waals surface area contributed by atoms with E-state index in [-0.39, 0.29) is 0 Å². The van der Waals surface area contributed by atoms with Gasteiger partial charge in [-0.25, -0.2) is 0 Å². The van der Waals surface area contributed by atoms with E-state index in [1.165, 1.54) is 40.7 Å². The van der Waals surface area contributed by atoms with Gasteiger partial charge in [-0.05, 0) is 66.8 Å². The van der Waals surface area contributed by atoms with Crippen molar-refractivity contribution < 1.29 is 0 Å². The van der Waals surface area contributed by atoms with Crippen LogP contribution in [0, 0.1) is 12.8 Å². The smallest absolute Gasteiger partial charge is 0.0458 e. The summed E-state index contributed by atoms with van der Waals surface area (Å²) in [6, 6.07) is 15.1. The highest BCUT2D eigenvalue weighted by Crippen LogP contribution is 2.32. The zero-order valence-electron chi connectivity index (χ0n) is 17.4. The Morgan fingerprint density at radius 3 is 2.56 bits per heavy atom. The van der Waals surface area contributed by atoms with Gasteiger partial charge in [0, 0.05) is 10.6 Å². The molecule has 0 bridgehead atoms. The molecule has 2 rings (SSSR count). The van der Waals surface area contributed by atoms with Crippen LogP contribution in [-0.2, 0) is 0 Å². The molecule has 0 saturated heterocycles. The van der Waals surface area contributed by atoms with Crippen LogP contribution in [0.1, 0.15) is 56.7 Å². The van der Waals surface area contributed by atoms with Crippen molar-refractivity contribution in [1.82, 2.24) is 0 Å². The van der Waals surface area contributed by atoms with Gasteiger partial charge in [0.05, 0.1) is 0 Å². The van der Waals surface area contributed by atoms with E-state index in [0.717, 1.165) is 22.9 Å². The lowest BCUT2D eigenvalue weighted by Crippen LogP contribution is -1.94. The van der Waals surface area contributed by atoms with Gasteiger partial charge < -0.3 is 5.73 Å². The molecule has 27 heavy (non-hydrogen) atoms. The Hall–Kier alpha value is -1.93. The van der Waals surface area contributed by atoms with E-state index < -0.39 is 0 Å². The first-order valence-electron chi connectivity index (χ1n) is 9.84. The van der Waals surface area contributed by atoms with Crippen LogP contribution in [0.2, 0.25) is 0 Å². The van der Waals surface area contributed by atoms with E-state index in [0.29, 0.717) is 0 Å². The number of allylic oxidation sites excluding steroid dienone is 4. The van der Waals surface area contributed by atoms with E-state index in [2.05, 4.69) is 88.6 Å². The molecule has 0 amide bonds. The molecule has 0 aliphatic heterocycles. The van der Waals surface area contributed by atoms with Gasteiger partial charge in [-0.3, -0.25) is 0 Å². The third-order valence-electron chi connectivity index (χ3n) is 5.00. The molecule has 2 heteroatoms. The summed E-state index contributed by atoms with van der Waals surface area (Å²) < 4.78 is 0. The summed E-state index contributed by atoms with van der Waals surface area (Å²) in [5.74, 6) is 0.718. The van der Waals surface area contributed by atoms with E-state index in [4.69, 9.17) is 5.73 Å². The molecule has 144 valence electrons. The topological polar surface area (TPSA) is 26.0 Å².